The maximum atomic E-state index is 12.1. The molecule has 0 spiro atoms. The van der Waals surface area contributed by atoms with Crippen molar-refractivity contribution >= 4 is 37.2 Å². The summed E-state index contributed by atoms with van der Waals surface area (Å²) in [6, 6.07) is 3.85. The van der Waals surface area contributed by atoms with Gasteiger partial charge >= 0.3 is 0 Å². The lowest BCUT2D eigenvalue weighted by Gasteiger charge is -2.20. The van der Waals surface area contributed by atoms with Crippen LogP contribution in [0.3, 0.4) is 0 Å². The van der Waals surface area contributed by atoms with Gasteiger partial charge in [0.2, 0.25) is 0 Å². The van der Waals surface area contributed by atoms with Gasteiger partial charge in [-0.15, -0.1) is 0 Å². The first kappa shape index (κ1) is 17.3. The van der Waals surface area contributed by atoms with Gasteiger partial charge in [0.15, 0.2) is 0 Å². The second-order valence-corrected chi connectivity index (χ2v) is 7.85. The van der Waals surface area contributed by atoms with Gasteiger partial charge in [-0.1, -0.05) is 32.4 Å². The van der Waals surface area contributed by atoms with Crippen LogP contribution in [-0.2, 0) is 9.05 Å². The molecule has 1 aromatic rings. The molecule has 0 aromatic heterocycles. The van der Waals surface area contributed by atoms with Gasteiger partial charge in [-0.05, 0) is 30.5 Å². The Morgan fingerprint density at radius 1 is 1.30 bits per heavy atom. The fourth-order valence-corrected chi connectivity index (χ4v) is 2.93. The Morgan fingerprint density at radius 3 is 2.35 bits per heavy atom. The first-order chi connectivity index (χ1) is 9.15. The van der Waals surface area contributed by atoms with E-state index in [2.05, 4.69) is 5.32 Å². The van der Waals surface area contributed by atoms with E-state index in [-0.39, 0.29) is 33.3 Å². The highest BCUT2D eigenvalue weighted by Crippen LogP contribution is 2.22. The number of nitrogens with one attached hydrogen (secondary N) is 1. The predicted octanol–water partition coefficient (Wildman–Crippen LogP) is 3.43. The molecule has 0 saturated heterocycles. The van der Waals surface area contributed by atoms with Gasteiger partial charge in [-0.25, -0.2) is 8.42 Å². The lowest BCUT2D eigenvalue weighted by molar-refractivity contribution is 0.0924. The molecule has 1 amide bonds. The minimum atomic E-state index is -3.92. The summed E-state index contributed by atoms with van der Waals surface area (Å²) in [5, 5.41) is 3.00. The van der Waals surface area contributed by atoms with Crippen LogP contribution in [-0.4, -0.2) is 20.4 Å². The Morgan fingerprint density at radius 2 is 1.90 bits per heavy atom. The third-order valence-corrected chi connectivity index (χ3v) is 4.53. The molecule has 0 radical (unpaired) electrons. The first-order valence-electron chi connectivity index (χ1n) is 6.21. The SMILES string of the molecule is CCC(NC(=O)c1cc(Cl)cc(S(=O)(=O)Cl)c1)C(C)C. The van der Waals surface area contributed by atoms with Crippen LogP contribution in [0, 0.1) is 5.92 Å². The zero-order valence-corrected chi connectivity index (χ0v) is 13.8. The maximum Gasteiger partial charge on any atom is 0.261 e. The predicted molar refractivity (Wildman–Crippen MR) is 80.9 cm³/mol. The van der Waals surface area contributed by atoms with Crippen LogP contribution >= 0.6 is 22.3 Å². The van der Waals surface area contributed by atoms with E-state index in [4.69, 9.17) is 22.3 Å². The highest BCUT2D eigenvalue weighted by Gasteiger charge is 2.18. The monoisotopic (exact) mass is 337 g/mol. The summed E-state index contributed by atoms with van der Waals surface area (Å²) < 4.78 is 22.6. The topological polar surface area (TPSA) is 63.2 Å². The van der Waals surface area contributed by atoms with Crippen molar-refractivity contribution in [3.8, 4) is 0 Å². The van der Waals surface area contributed by atoms with Crippen molar-refractivity contribution in [3.63, 3.8) is 0 Å². The molecule has 112 valence electrons. The van der Waals surface area contributed by atoms with E-state index in [0.29, 0.717) is 0 Å². The quantitative estimate of drug-likeness (QED) is 0.837. The van der Waals surface area contributed by atoms with Crippen LogP contribution in [0.15, 0.2) is 23.1 Å². The Balaban J connectivity index is 3.08. The lowest BCUT2D eigenvalue weighted by atomic mass is 10.0. The minimum Gasteiger partial charge on any atom is -0.349 e. The molecular formula is C13H17Cl2NO3S. The summed E-state index contributed by atoms with van der Waals surface area (Å²) in [6.07, 6.45) is 0.782. The largest absolute Gasteiger partial charge is 0.349 e. The number of benzene rings is 1. The van der Waals surface area contributed by atoms with Crippen molar-refractivity contribution < 1.29 is 13.2 Å². The molecule has 1 N–H and O–H groups in total. The summed E-state index contributed by atoms with van der Waals surface area (Å²) in [6.45, 7) is 5.97. The van der Waals surface area contributed by atoms with Crippen LogP contribution in [0.4, 0.5) is 0 Å². The summed E-state index contributed by atoms with van der Waals surface area (Å²) in [4.78, 5) is 12.0. The van der Waals surface area contributed by atoms with Crippen molar-refractivity contribution in [2.45, 2.75) is 38.1 Å². The summed E-state index contributed by atoms with van der Waals surface area (Å²) in [7, 11) is 1.35. The fraction of sp³-hybridized carbons (Fsp3) is 0.462. The Labute approximate surface area is 128 Å². The number of rotatable bonds is 5. The minimum absolute atomic E-state index is 0.0116. The molecule has 4 nitrogen and oxygen atoms in total. The van der Waals surface area contributed by atoms with E-state index in [1.807, 2.05) is 20.8 Å². The molecule has 1 atom stereocenters. The third-order valence-electron chi connectivity index (χ3n) is 2.98. The Hall–Kier alpha value is -0.780. The van der Waals surface area contributed by atoms with Gasteiger partial charge in [0, 0.05) is 27.3 Å². The fourth-order valence-electron chi connectivity index (χ4n) is 1.83. The molecule has 0 aliphatic rings. The Bertz CT molecular complexity index is 600. The van der Waals surface area contributed by atoms with Gasteiger partial charge in [0.05, 0.1) is 4.90 Å². The maximum absolute atomic E-state index is 12.1. The number of carbonyl (C=O) groups is 1. The van der Waals surface area contributed by atoms with E-state index >= 15 is 0 Å². The van der Waals surface area contributed by atoms with Gasteiger partial charge in [-0.2, -0.15) is 0 Å². The highest BCUT2D eigenvalue weighted by atomic mass is 35.7. The van der Waals surface area contributed by atoms with Gasteiger partial charge < -0.3 is 5.32 Å². The number of hydrogen-bond donors (Lipinski definition) is 1. The Kier molecular flexibility index (Phi) is 5.86. The molecular weight excluding hydrogens is 321 g/mol. The summed E-state index contributed by atoms with van der Waals surface area (Å²) in [5.41, 5.74) is 0.177. The van der Waals surface area contributed by atoms with Gasteiger partial charge in [0.25, 0.3) is 15.0 Å². The van der Waals surface area contributed by atoms with Crippen LogP contribution in [0.1, 0.15) is 37.6 Å². The molecule has 0 saturated carbocycles. The smallest absolute Gasteiger partial charge is 0.261 e. The van der Waals surface area contributed by atoms with Gasteiger partial charge in [0.1, 0.15) is 0 Å². The second-order valence-electron chi connectivity index (χ2n) is 4.85. The van der Waals surface area contributed by atoms with Crippen LogP contribution in [0.5, 0.6) is 0 Å². The third kappa shape index (κ3) is 4.65. The molecule has 0 aliphatic carbocycles. The average molecular weight is 338 g/mol. The molecule has 0 bridgehead atoms. The van der Waals surface area contributed by atoms with Crippen molar-refractivity contribution in [1.82, 2.24) is 5.32 Å². The van der Waals surface area contributed by atoms with E-state index < -0.39 is 9.05 Å². The molecule has 0 fully saturated rings. The lowest BCUT2D eigenvalue weighted by Crippen LogP contribution is -2.38. The number of halogens is 2. The number of carbonyl (C=O) groups excluding carboxylic acids is 1. The molecule has 20 heavy (non-hydrogen) atoms. The summed E-state index contributed by atoms with van der Waals surface area (Å²) >= 11 is 5.83. The van der Waals surface area contributed by atoms with Crippen molar-refractivity contribution in [2.24, 2.45) is 5.92 Å². The molecule has 1 unspecified atom stereocenters. The first-order valence-corrected chi connectivity index (χ1v) is 8.90. The standard InChI is InChI=1S/C13H17Cl2NO3S/c1-4-12(8(2)3)16-13(17)9-5-10(14)7-11(6-9)20(15,18)19/h5-8,12H,4H2,1-3H3,(H,16,17). The van der Waals surface area contributed by atoms with Gasteiger partial charge in [-0.3, -0.25) is 4.79 Å². The average Bonchev–Trinajstić information content (AvgIpc) is 2.33. The zero-order valence-electron chi connectivity index (χ0n) is 11.5. The van der Waals surface area contributed by atoms with E-state index in [0.717, 1.165) is 6.42 Å². The van der Waals surface area contributed by atoms with Crippen LogP contribution in [0.2, 0.25) is 5.02 Å². The van der Waals surface area contributed by atoms with Crippen molar-refractivity contribution in [3.05, 3.63) is 28.8 Å². The van der Waals surface area contributed by atoms with E-state index in [9.17, 15) is 13.2 Å². The molecule has 7 heteroatoms. The normalized spacial score (nSPS) is 13.3. The number of hydrogen-bond acceptors (Lipinski definition) is 3. The number of amides is 1. The zero-order chi connectivity index (χ0) is 15.5. The van der Waals surface area contributed by atoms with Crippen LogP contribution in [0.25, 0.3) is 0 Å². The molecule has 0 heterocycles. The van der Waals surface area contributed by atoms with Crippen LogP contribution < -0.4 is 5.32 Å². The van der Waals surface area contributed by atoms with E-state index in [1.54, 1.807) is 0 Å². The van der Waals surface area contributed by atoms with Crippen molar-refractivity contribution in [2.75, 3.05) is 0 Å². The summed E-state index contributed by atoms with van der Waals surface area (Å²) in [5.74, 6) is -0.0889. The molecule has 1 aromatic carbocycles. The second kappa shape index (κ2) is 6.78. The molecule has 1 rings (SSSR count). The molecule has 0 aliphatic heterocycles. The highest BCUT2D eigenvalue weighted by molar-refractivity contribution is 8.13. The van der Waals surface area contributed by atoms with E-state index in [1.165, 1.54) is 18.2 Å². The van der Waals surface area contributed by atoms with Crippen molar-refractivity contribution in [1.29, 1.82) is 0 Å².